The molecular weight excluding hydrogens is 250 g/mol. The fourth-order valence-electron chi connectivity index (χ4n) is 1.78. The molecule has 18 heavy (non-hydrogen) atoms. The largest absolute Gasteiger partial charge is 0.273 e. The maximum atomic E-state index is 12.3. The van der Waals surface area contributed by atoms with E-state index in [4.69, 9.17) is 0 Å². The quantitative estimate of drug-likeness (QED) is 0.822. The summed E-state index contributed by atoms with van der Waals surface area (Å²) in [7, 11) is -3.75. The summed E-state index contributed by atoms with van der Waals surface area (Å²) in [5.41, 5.74) is 0.975. The minimum Gasteiger partial charge on any atom is -0.273 e. The molecule has 1 heterocycles. The average Bonchev–Trinajstić information content (AvgIpc) is 2.29. The van der Waals surface area contributed by atoms with Crippen LogP contribution in [0.25, 0.3) is 0 Å². The minimum absolute atomic E-state index is 0.0852. The Hall–Kier alpha value is -1.62. The summed E-state index contributed by atoms with van der Waals surface area (Å²) in [6.07, 6.45) is 3.31. The zero-order valence-corrected chi connectivity index (χ0v) is 11.1. The Bertz CT molecular complexity index is 587. The zero-order valence-electron chi connectivity index (χ0n) is 10.3. The highest BCUT2D eigenvalue weighted by atomic mass is 32.2. The number of benzene rings is 1. The van der Waals surface area contributed by atoms with E-state index >= 15 is 0 Å². The van der Waals surface area contributed by atoms with Crippen LogP contribution in [0.5, 0.6) is 0 Å². The molecule has 1 aromatic carbocycles. The summed E-state index contributed by atoms with van der Waals surface area (Å²) in [5.74, 6) is -0.299. The number of allylic oxidation sites excluding steroid dienone is 1. The van der Waals surface area contributed by atoms with Crippen molar-refractivity contribution in [3.63, 3.8) is 0 Å². The van der Waals surface area contributed by atoms with Gasteiger partial charge in [-0.2, -0.15) is 0 Å². The van der Waals surface area contributed by atoms with Crippen LogP contribution in [0.15, 0.2) is 41.4 Å². The van der Waals surface area contributed by atoms with E-state index in [9.17, 15) is 13.2 Å². The molecule has 96 valence electrons. The Morgan fingerprint density at radius 3 is 2.39 bits per heavy atom. The summed E-state index contributed by atoms with van der Waals surface area (Å²) in [5, 5.41) is 0. The average molecular weight is 265 g/mol. The smallest absolute Gasteiger partial charge is 0.270 e. The van der Waals surface area contributed by atoms with Crippen LogP contribution in [0.3, 0.4) is 0 Å². The zero-order chi connectivity index (χ0) is 13.3. The first-order chi connectivity index (χ1) is 8.41. The Morgan fingerprint density at radius 2 is 1.83 bits per heavy atom. The molecule has 0 saturated carbocycles. The predicted octanol–water partition coefficient (Wildman–Crippen LogP) is 2.07. The fourth-order valence-corrected chi connectivity index (χ4v) is 3.06. The Kier molecular flexibility index (Phi) is 3.26. The van der Waals surface area contributed by atoms with Crippen LogP contribution in [-0.2, 0) is 14.8 Å². The molecule has 0 aliphatic carbocycles. The number of carbonyl (C=O) groups is 1. The number of carbonyl (C=O) groups excluding carboxylic acids is 1. The van der Waals surface area contributed by atoms with Crippen molar-refractivity contribution in [3.05, 3.63) is 42.1 Å². The van der Waals surface area contributed by atoms with Gasteiger partial charge in [0.15, 0.2) is 0 Å². The second-order valence-corrected chi connectivity index (χ2v) is 6.35. The first kappa shape index (κ1) is 12.8. The first-order valence-electron chi connectivity index (χ1n) is 5.73. The lowest BCUT2D eigenvalue weighted by Crippen LogP contribution is -2.35. The molecule has 1 aliphatic rings. The van der Waals surface area contributed by atoms with Crippen molar-refractivity contribution >= 4 is 15.9 Å². The molecule has 0 saturated heterocycles. The lowest BCUT2D eigenvalue weighted by Gasteiger charge is -2.23. The van der Waals surface area contributed by atoms with E-state index in [0.29, 0.717) is 0 Å². The molecule has 1 aliphatic heterocycles. The monoisotopic (exact) mass is 265 g/mol. The molecule has 0 N–H and O–H groups in total. The van der Waals surface area contributed by atoms with Gasteiger partial charge in [0, 0.05) is 12.6 Å². The number of hydrogen-bond acceptors (Lipinski definition) is 3. The van der Waals surface area contributed by atoms with E-state index < -0.39 is 10.0 Å². The molecule has 1 unspecified atom stereocenters. The molecule has 4 nitrogen and oxygen atoms in total. The predicted molar refractivity (Wildman–Crippen MR) is 68.1 cm³/mol. The SMILES string of the molecule is Cc1ccc(S(=O)(=O)N2C=CC(C)CC2=O)cc1. The van der Waals surface area contributed by atoms with Gasteiger partial charge in [-0.25, -0.2) is 12.7 Å². The molecule has 1 amide bonds. The topological polar surface area (TPSA) is 54.5 Å². The normalized spacial score (nSPS) is 20.2. The molecule has 0 aromatic heterocycles. The molecule has 5 heteroatoms. The lowest BCUT2D eigenvalue weighted by atomic mass is 10.1. The minimum atomic E-state index is -3.75. The molecule has 0 bridgehead atoms. The van der Waals surface area contributed by atoms with Crippen LogP contribution in [0.4, 0.5) is 0 Å². The van der Waals surface area contributed by atoms with Gasteiger partial charge in [-0.05, 0) is 25.0 Å². The molecule has 1 atom stereocenters. The van der Waals surface area contributed by atoms with Crippen LogP contribution in [0.1, 0.15) is 18.9 Å². The van der Waals surface area contributed by atoms with Gasteiger partial charge >= 0.3 is 0 Å². The van der Waals surface area contributed by atoms with Gasteiger partial charge in [0.25, 0.3) is 10.0 Å². The third-order valence-corrected chi connectivity index (χ3v) is 4.58. The molecule has 2 rings (SSSR count). The lowest BCUT2D eigenvalue weighted by molar-refractivity contribution is -0.125. The van der Waals surface area contributed by atoms with Crippen LogP contribution in [0.2, 0.25) is 0 Å². The Morgan fingerprint density at radius 1 is 1.22 bits per heavy atom. The standard InChI is InChI=1S/C13H15NO3S/c1-10-3-5-12(6-4-10)18(16,17)14-8-7-11(2)9-13(14)15/h3-8,11H,9H2,1-2H3. The summed E-state index contributed by atoms with van der Waals surface area (Å²) < 4.78 is 25.4. The number of nitrogens with zero attached hydrogens (tertiary/aromatic N) is 1. The van der Waals surface area contributed by atoms with Crippen molar-refractivity contribution < 1.29 is 13.2 Å². The van der Waals surface area contributed by atoms with E-state index in [1.165, 1.54) is 18.3 Å². The highest BCUT2D eigenvalue weighted by molar-refractivity contribution is 7.89. The number of amides is 1. The van der Waals surface area contributed by atoms with E-state index in [0.717, 1.165) is 9.87 Å². The fraction of sp³-hybridized carbons (Fsp3) is 0.308. The second-order valence-electron chi connectivity index (χ2n) is 4.53. The number of hydrogen-bond donors (Lipinski definition) is 0. The van der Waals surface area contributed by atoms with E-state index in [-0.39, 0.29) is 23.1 Å². The molecular formula is C13H15NO3S. The van der Waals surface area contributed by atoms with Gasteiger partial charge in [-0.1, -0.05) is 30.7 Å². The van der Waals surface area contributed by atoms with Crippen LogP contribution < -0.4 is 0 Å². The maximum absolute atomic E-state index is 12.3. The third kappa shape index (κ3) is 2.31. The van der Waals surface area contributed by atoms with Crippen LogP contribution >= 0.6 is 0 Å². The van der Waals surface area contributed by atoms with Crippen molar-refractivity contribution in [1.29, 1.82) is 0 Å². The third-order valence-electron chi connectivity index (χ3n) is 2.87. The van der Waals surface area contributed by atoms with E-state index in [1.54, 1.807) is 18.2 Å². The van der Waals surface area contributed by atoms with Crippen molar-refractivity contribution in [2.24, 2.45) is 5.92 Å². The first-order valence-corrected chi connectivity index (χ1v) is 7.17. The Labute approximate surface area is 107 Å². The summed E-state index contributed by atoms with van der Waals surface area (Å²) in [6, 6.07) is 6.47. The molecule has 0 spiro atoms. The van der Waals surface area contributed by atoms with Crippen LogP contribution in [-0.4, -0.2) is 18.6 Å². The summed E-state index contributed by atoms with van der Waals surface area (Å²) in [6.45, 7) is 3.76. The summed E-state index contributed by atoms with van der Waals surface area (Å²) >= 11 is 0. The highest BCUT2D eigenvalue weighted by Crippen LogP contribution is 2.22. The molecule has 1 aromatic rings. The van der Waals surface area contributed by atoms with Gasteiger partial charge < -0.3 is 0 Å². The van der Waals surface area contributed by atoms with Gasteiger partial charge in [0.2, 0.25) is 5.91 Å². The van der Waals surface area contributed by atoms with Gasteiger partial charge in [0.1, 0.15) is 0 Å². The number of sulfonamides is 1. The van der Waals surface area contributed by atoms with E-state index in [1.807, 2.05) is 13.8 Å². The van der Waals surface area contributed by atoms with Crippen molar-refractivity contribution in [2.75, 3.05) is 0 Å². The van der Waals surface area contributed by atoms with Gasteiger partial charge in [-0.15, -0.1) is 0 Å². The second kappa shape index (κ2) is 4.57. The van der Waals surface area contributed by atoms with Crippen molar-refractivity contribution in [1.82, 2.24) is 4.31 Å². The molecule has 0 fully saturated rings. The maximum Gasteiger partial charge on any atom is 0.270 e. The van der Waals surface area contributed by atoms with Gasteiger partial charge in [-0.3, -0.25) is 4.79 Å². The number of aryl methyl sites for hydroxylation is 1. The number of rotatable bonds is 2. The molecule has 0 radical (unpaired) electrons. The Balaban J connectivity index is 2.40. The van der Waals surface area contributed by atoms with Crippen molar-refractivity contribution in [2.45, 2.75) is 25.2 Å². The van der Waals surface area contributed by atoms with Gasteiger partial charge in [0.05, 0.1) is 4.90 Å². The van der Waals surface area contributed by atoms with Crippen molar-refractivity contribution in [3.8, 4) is 0 Å². The van der Waals surface area contributed by atoms with Crippen LogP contribution in [0, 0.1) is 12.8 Å². The highest BCUT2D eigenvalue weighted by Gasteiger charge is 2.30. The van der Waals surface area contributed by atoms with E-state index in [2.05, 4.69) is 0 Å². The summed E-state index contributed by atoms with van der Waals surface area (Å²) in [4.78, 5) is 11.9.